The minimum atomic E-state index is -2.76. The van der Waals surface area contributed by atoms with Gasteiger partial charge >= 0.3 is 0 Å². The molecule has 1 N–H and O–H groups in total. The molecule has 0 aromatic heterocycles. The lowest BCUT2D eigenvalue weighted by Gasteiger charge is -2.40. The molecule has 5 heteroatoms. The van der Waals surface area contributed by atoms with Crippen LogP contribution in [0.3, 0.4) is 0 Å². The van der Waals surface area contributed by atoms with Crippen molar-refractivity contribution in [1.82, 2.24) is 0 Å². The Labute approximate surface area is 346 Å². The minimum absolute atomic E-state index is 1.09. The quantitative estimate of drug-likeness (QED) is 0.176. The average molecular weight is 767 g/mol. The number of para-hydroxylation sites is 6. The first-order valence-electron chi connectivity index (χ1n) is 20.4. The van der Waals surface area contributed by atoms with Crippen molar-refractivity contribution < 1.29 is 0 Å². The van der Waals surface area contributed by atoms with Crippen LogP contribution in [0.5, 0.6) is 0 Å². The molecule has 12 rings (SSSR count). The molecule has 275 valence electrons. The molecule has 1 radical (unpaired) electrons. The van der Waals surface area contributed by atoms with Crippen molar-refractivity contribution >= 4 is 92.5 Å². The van der Waals surface area contributed by atoms with Gasteiger partial charge in [-0.3, -0.25) is 0 Å². The van der Waals surface area contributed by atoms with Gasteiger partial charge in [-0.15, -0.1) is 0 Å². The molecule has 3 aliphatic heterocycles. The van der Waals surface area contributed by atoms with Crippen LogP contribution in [0.25, 0.3) is 22.3 Å². The molecule has 3 heterocycles. The zero-order chi connectivity index (χ0) is 38.9. The summed E-state index contributed by atoms with van der Waals surface area (Å²) in [6.45, 7) is 0. The van der Waals surface area contributed by atoms with E-state index in [1.807, 2.05) is 0 Å². The Morgan fingerprint density at radius 2 is 0.949 bits per heavy atom. The fourth-order valence-electron chi connectivity index (χ4n) is 10.1. The van der Waals surface area contributed by atoms with Crippen molar-refractivity contribution in [1.29, 1.82) is 0 Å². The van der Waals surface area contributed by atoms with Crippen molar-refractivity contribution in [2.75, 3.05) is 15.1 Å². The summed E-state index contributed by atoms with van der Waals surface area (Å²) in [5.74, 6) is 0. The summed E-state index contributed by atoms with van der Waals surface area (Å²) in [6, 6.07) is 80.4. The van der Waals surface area contributed by atoms with Crippen molar-refractivity contribution in [3.63, 3.8) is 0 Å². The maximum Gasteiger partial charge on any atom is 0.197 e. The smallest absolute Gasteiger partial charge is 0.197 e. The minimum Gasteiger partial charge on any atom is -0.355 e. The van der Waals surface area contributed by atoms with Gasteiger partial charge < -0.3 is 15.1 Å². The second kappa shape index (κ2) is 13.4. The molecule has 0 bridgehead atoms. The van der Waals surface area contributed by atoms with E-state index in [2.05, 4.69) is 241 Å². The lowest BCUT2D eigenvalue weighted by Crippen LogP contribution is -2.74. The molecule has 3 nitrogen and oxygen atoms in total. The van der Waals surface area contributed by atoms with Gasteiger partial charge in [0, 0.05) is 51.1 Å². The molecule has 0 fully saturated rings. The van der Waals surface area contributed by atoms with Crippen LogP contribution in [-0.4, -0.2) is 15.4 Å². The summed E-state index contributed by atoms with van der Waals surface area (Å²) in [5.41, 5.74) is 16.5. The van der Waals surface area contributed by atoms with Crippen LogP contribution in [0, 0.1) is 0 Å². The van der Waals surface area contributed by atoms with Crippen LogP contribution >= 0.6 is 0 Å². The fourth-order valence-corrected chi connectivity index (χ4v) is 15.6. The zero-order valence-corrected chi connectivity index (χ0v) is 33.3. The molecule has 0 unspecified atom stereocenters. The Balaban J connectivity index is 1.19. The number of nitrogens with one attached hydrogen (secondary N) is 1. The number of nitrogens with zero attached hydrogens (tertiary/aromatic N) is 2. The van der Waals surface area contributed by atoms with Crippen molar-refractivity contribution in [3.8, 4) is 22.3 Å². The van der Waals surface area contributed by atoms with E-state index in [1.165, 1.54) is 65.3 Å². The van der Waals surface area contributed by atoms with Gasteiger partial charge in [0.2, 0.25) is 0 Å². The van der Waals surface area contributed by atoms with Gasteiger partial charge in [-0.1, -0.05) is 163 Å². The highest BCUT2D eigenvalue weighted by molar-refractivity contribution is 7.23. The van der Waals surface area contributed by atoms with Gasteiger partial charge in [0.1, 0.15) is 0 Å². The molecule has 9 aromatic rings. The first kappa shape index (κ1) is 33.8. The summed E-state index contributed by atoms with van der Waals surface area (Å²) < 4.78 is 0. The van der Waals surface area contributed by atoms with E-state index >= 15 is 0 Å². The Morgan fingerprint density at radius 3 is 1.64 bits per heavy atom. The summed E-state index contributed by atoms with van der Waals surface area (Å²) in [7, 11) is -0.355. The number of rotatable bonds is 5. The van der Waals surface area contributed by atoms with Gasteiger partial charge in [-0.2, -0.15) is 0 Å². The molecule has 0 saturated carbocycles. The van der Waals surface area contributed by atoms with E-state index in [1.54, 1.807) is 0 Å². The average Bonchev–Trinajstić information content (AvgIpc) is 3.59. The van der Waals surface area contributed by atoms with Gasteiger partial charge in [-0.25, -0.2) is 0 Å². The Kier molecular flexibility index (Phi) is 7.65. The monoisotopic (exact) mass is 766 g/mol. The van der Waals surface area contributed by atoms with Gasteiger partial charge in [0.25, 0.3) is 0 Å². The van der Waals surface area contributed by atoms with E-state index in [0.29, 0.717) is 0 Å². The second-order valence-corrected chi connectivity index (χ2v) is 19.2. The van der Waals surface area contributed by atoms with Crippen LogP contribution in [0.2, 0.25) is 0 Å². The third-order valence-corrected chi connectivity index (χ3v) is 17.4. The summed E-state index contributed by atoms with van der Waals surface area (Å²) >= 11 is 0. The van der Waals surface area contributed by atoms with E-state index in [-0.39, 0.29) is 0 Å². The lowest BCUT2D eigenvalue weighted by molar-refractivity contribution is 1.26. The van der Waals surface area contributed by atoms with E-state index in [4.69, 9.17) is 0 Å². The highest BCUT2D eigenvalue weighted by Crippen LogP contribution is 2.45. The third-order valence-electron chi connectivity index (χ3n) is 12.5. The van der Waals surface area contributed by atoms with Crippen molar-refractivity contribution in [2.45, 2.75) is 0 Å². The van der Waals surface area contributed by atoms with Crippen LogP contribution in [0.4, 0.5) is 45.5 Å². The standard InChI is InChI=1S/C54H37BN3Si/c1-4-19-37(20-5-1)57(38-21-6-2-7-22-38)40-35-44(53-48(36-40)58(39-23-8-3-9-24-39)47-30-14-12-28-45(47)55-53)43-27-18-34-52-54(43)56-46-29-13-17-33-51(46)59(52)49-31-15-10-25-41(49)42-26-11-16-32-50(42)59/h1-36,56H. The topological polar surface area (TPSA) is 18.5 Å². The molecule has 0 saturated heterocycles. The van der Waals surface area contributed by atoms with Crippen LogP contribution < -0.4 is 46.8 Å². The molecule has 0 aliphatic carbocycles. The first-order chi connectivity index (χ1) is 29.3. The normalized spacial score (nSPS) is 13.5. The van der Waals surface area contributed by atoms with Crippen molar-refractivity contribution in [2.24, 2.45) is 0 Å². The van der Waals surface area contributed by atoms with E-state index < -0.39 is 8.07 Å². The summed E-state index contributed by atoms with van der Waals surface area (Å²) in [6.07, 6.45) is 0. The molecular formula is C54H37BN3Si. The van der Waals surface area contributed by atoms with Gasteiger partial charge in [-0.05, 0) is 104 Å². The molecule has 0 atom stereocenters. The van der Waals surface area contributed by atoms with E-state index in [9.17, 15) is 0 Å². The second-order valence-electron chi connectivity index (χ2n) is 15.5. The molecule has 9 aromatic carbocycles. The molecular weight excluding hydrogens is 730 g/mol. The largest absolute Gasteiger partial charge is 0.355 e. The predicted octanol–water partition coefficient (Wildman–Crippen LogP) is 9.68. The summed E-state index contributed by atoms with van der Waals surface area (Å²) in [4.78, 5) is 4.84. The van der Waals surface area contributed by atoms with E-state index in [0.717, 1.165) is 34.1 Å². The fraction of sp³-hybridized carbons (Fsp3) is 0. The van der Waals surface area contributed by atoms with Gasteiger partial charge in [0.05, 0.1) is 0 Å². The Morgan fingerprint density at radius 1 is 0.407 bits per heavy atom. The number of benzene rings is 9. The maximum atomic E-state index is 4.09. The SMILES string of the molecule is [B]1c2ccccc2N(c2ccccc2)c2cc(N(c3ccccc3)c3ccccc3)cc(-c3cccc4c3Nc3ccccc3[Si]43c4ccccc4-c4ccccc43)c21. The highest BCUT2D eigenvalue weighted by atomic mass is 28.3. The Bertz CT molecular complexity index is 2990. The molecule has 0 amide bonds. The molecule has 1 spiro atoms. The van der Waals surface area contributed by atoms with Crippen LogP contribution in [0.15, 0.2) is 218 Å². The number of hydrogen-bond donors (Lipinski definition) is 1. The number of hydrogen-bond acceptors (Lipinski definition) is 3. The molecule has 3 aliphatic rings. The Hall–Kier alpha value is -7.34. The van der Waals surface area contributed by atoms with Crippen molar-refractivity contribution in [3.05, 3.63) is 218 Å². The van der Waals surface area contributed by atoms with Crippen LogP contribution in [0.1, 0.15) is 0 Å². The van der Waals surface area contributed by atoms with Crippen LogP contribution in [-0.2, 0) is 0 Å². The zero-order valence-electron chi connectivity index (χ0n) is 32.3. The molecule has 59 heavy (non-hydrogen) atoms. The maximum absolute atomic E-state index is 4.09. The number of anilines is 8. The van der Waals surface area contributed by atoms with Gasteiger partial charge in [0.15, 0.2) is 15.4 Å². The first-order valence-corrected chi connectivity index (χ1v) is 22.4. The third kappa shape index (κ3) is 5.02. The number of fused-ring (bicyclic) bond motifs is 11. The lowest BCUT2D eigenvalue weighted by atomic mass is 9.58. The predicted molar refractivity (Wildman–Crippen MR) is 252 cm³/mol. The summed E-state index contributed by atoms with van der Waals surface area (Å²) in [5, 5.41) is 9.81. The highest BCUT2D eigenvalue weighted by Gasteiger charge is 2.52.